The predicted molar refractivity (Wildman–Crippen MR) is 139 cm³/mol. The molecule has 0 unspecified atom stereocenters. The lowest BCUT2D eigenvalue weighted by Gasteiger charge is -2.36. The van der Waals surface area contributed by atoms with Crippen LogP contribution in [0, 0.1) is 0 Å². The van der Waals surface area contributed by atoms with Crippen LogP contribution in [-0.2, 0) is 9.59 Å². The lowest BCUT2D eigenvalue weighted by Crippen LogP contribution is -2.39. The van der Waals surface area contributed by atoms with Crippen molar-refractivity contribution in [3.8, 4) is 0 Å². The number of carbonyl (C=O) groups excluding carboxylic acids is 2. The van der Waals surface area contributed by atoms with E-state index >= 15 is 0 Å². The van der Waals surface area contributed by atoms with Crippen molar-refractivity contribution in [3.63, 3.8) is 0 Å². The zero-order valence-electron chi connectivity index (χ0n) is 19.3. The lowest BCUT2D eigenvalue weighted by molar-refractivity contribution is -0.121. The largest absolute Gasteiger partial charge is 0.353 e. The number of para-hydroxylation sites is 1. The Morgan fingerprint density at radius 2 is 1.85 bits per heavy atom. The molecule has 0 aromatic heterocycles. The molecule has 2 atom stereocenters. The van der Waals surface area contributed by atoms with Crippen LogP contribution in [0.5, 0.6) is 0 Å². The molecule has 0 spiro atoms. The Hall–Kier alpha value is -3.03. The minimum atomic E-state index is -0.439. The normalized spacial score (nSPS) is 18.1. The molecule has 2 amide bonds. The van der Waals surface area contributed by atoms with Crippen molar-refractivity contribution in [2.45, 2.75) is 45.7 Å². The van der Waals surface area contributed by atoms with Gasteiger partial charge in [-0.1, -0.05) is 60.6 Å². The van der Waals surface area contributed by atoms with Crippen LogP contribution in [0.25, 0.3) is 0 Å². The first kappa shape index (κ1) is 24.1. The molecule has 0 fully saturated rings. The highest BCUT2D eigenvalue weighted by molar-refractivity contribution is 8.16. The summed E-state index contributed by atoms with van der Waals surface area (Å²) in [4.78, 5) is 33.0. The quantitative estimate of drug-likeness (QED) is 0.505. The number of amidine groups is 1. The van der Waals surface area contributed by atoms with E-state index in [0.29, 0.717) is 22.0 Å². The van der Waals surface area contributed by atoms with Gasteiger partial charge in [0.05, 0.1) is 23.7 Å². The number of nitrogens with zero attached hydrogens (tertiary/aromatic N) is 2. The number of anilines is 1. The van der Waals surface area contributed by atoms with Gasteiger partial charge in [-0.25, -0.2) is 4.99 Å². The number of thioether (sulfide) groups is 1. The summed E-state index contributed by atoms with van der Waals surface area (Å²) in [5.74, 6) is -0.286. The molecule has 0 radical (unpaired) electrons. The monoisotopic (exact) mass is 494 g/mol. The maximum Gasteiger partial charge on any atom is 0.255 e. The second-order valence-electron chi connectivity index (χ2n) is 8.32. The minimum Gasteiger partial charge on any atom is -0.353 e. The fraction of sp³-hybridized carbons (Fsp3) is 0.269. The molecule has 4 rings (SSSR count). The van der Waals surface area contributed by atoms with Gasteiger partial charge in [-0.05, 0) is 55.5 Å². The maximum absolute atomic E-state index is 13.5. The zero-order chi connectivity index (χ0) is 24.2. The number of benzene rings is 2. The van der Waals surface area contributed by atoms with Crippen molar-refractivity contribution in [2.75, 3.05) is 5.32 Å². The number of aliphatic imine (C=N–C) groups is 1. The molecule has 8 heteroatoms. The molecule has 6 nitrogen and oxygen atoms in total. The molecule has 0 saturated heterocycles. The highest BCUT2D eigenvalue weighted by Crippen LogP contribution is 2.44. The third-order valence-corrected chi connectivity index (χ3v) is 6.96. The van der Waals surface area contributed by atoms with Gasteiger partial charge in [0.2, 0.25) is 5.91 Å². The van der Waals surface area contributed by atoms with Gasteiger partial charge < -0.3 is 15.5 Å². The number of fused-ring (bicyclic) bond motifs is 1. The van der Waals surface area contributed by atoms with E-state index in [9.17, 15) is 9.59 Å². The van der Waals surface area contributed by atoms with Gasteiger partial charge in [0, 0.05) is 22.4 Å². The Labute approximate surface area is 209 Å². The van der Waals surface area contributed by atoms with Crippen molar-refractivity contribution in [1.82, 2.24) is 10.2 Å². The van der Waals surface area contributed by atoms with Crippen LogP contribution >= 0.6 is 23.4 Å². The second-order valence-corrected chi connectivity index (χ2v) is 9.59. The highest BCUT2D eigenvalue weighted by atomic mass is 35.5. The Balaban J connectivity index is 1.70. The molecule has 0 saturated carbocycles. The SMILES string of the molecule is CC[C@@H](C)NC(=O)CC1=CSC2=NC(C)=C(C(=O)Nc3ccccc3)[C@@H](c3ccc(Cl)cc3)N12. The Morgan fingerprint density at radius 3 is 2.53 bits per heavy atom. The van der Waals surface area contributed by atoms with Crippen molar-refractivity contribution in [3.05, 3.63) is 87.6 Å². The highest BCUT2D eigenvalue weighted by Gasteiger charge is 2.40. The summed E-state index contributed by atoms with van der Waals surface area (Å²) < 4.78 is 0. The van der Waals surface area contributed by atoms with Crippen LogP contribution in [0.15, 0.2) is 82.0 Å². The van der Waals surface area contributed by atoms with Gasteiger partial charge in [0.25, 0.3) is 5.91 Å². The molecule has 2 aliphatic rings. The first-order valence-corrected chi connectivity index (χ1v) is 12.5. The van der Waals surface area contributed by atoms with Crippen molar-refractivity contribution >= 4 is 46.0 Å². The number of amides is 2. The molecule has 2 N–H and O–H groups in total. The number of allylic oxidation sites excluding steroid dienone is 1. The number of carbonyl (C=O) groups is 2. The molecule has 2 aromatic carbocycles. The van der Waals surface area contributed by atoms with E-state index in [4.69, 9.17) is 16.6 Å². The smallest absolute Gasteiger partial charge is 0.255 e. The van der Waals surface area contributed by atoms with E-state index in [1.807, 2.05) is 85.7 Å². The maximum atomic E-state index is 13.5. The van der Waals surface area contributed by atoms with E-state index in [1.165, 1.54) is 11.8 Å². The van der Waals surface area contributed by atoms with Gasteiger partial charge in [-0.15, -0.1) is 0 Å². The Bertz CT molecular complexity index is 1180. The molecule has 176 valence electrons. The van der Waals surface area contributed by atoms with E-state index < -0.39 is 6.04 Å². The van der Waals surface area contributed by atoms with E-state index in [0.717, 1.165) is 22.8 Å². The molecule has 0 bridgehead atoms. The van der Waals surface area contributed by atoms with Crippen LogP contribution < -0.4 is 10.6 Å². The number of hydrogen-bond donors (Lipinski definition) is 2. The summed E-state index contributed by atoms with van der Waals surface area (Å²) in [6.07, 6.45) is 1.06. The van der Waals surface area contributed by atoms with Gasteiger partial charge in [-0.3, -0.25) is 9.59 Å². The number of halogens is 1. The van der Waals surface area contributed by atoms with Gasteiger partial charge >= 0.3 is 0 Å². The van der Waals surface area contributed by atoms with Gasteiger partial charge in [-0.2, -0.15) is 0 Å². The molecule has 2 aliphatic heterocycles. The number of nitrogens with one attached hydrogen (secondary N) is 2. The molecule has 2 heterocycles. The summed E-state index contributed by atoms with van der Waals surface area (Å²) in [6, 6.07) is 16.5. The van der Waals surface area contributed by atoms with Crippen LogP contribution in [0.4, 0.5) is 5.69 Å². The molecule has 2 aromatic rings. The molecule has 34 heavy (non-hydrogen) atoms. The lowest BCUT2D eigenvalue weighted by atomic mass is 9.93. The molecular formula is C26H27ClN4O2S. The van der Waals surface area contributed by atoms with Crippen LogP contribution in [0.1, 0.15) is 45.2 Å². The average molecular weight is 495 g/mol. The summed E-state index contributed by atoms with van der Waals surface area (Å²) in [7, 11) is 0. The van der Waals surface area contributed by atoms with Crippen LogP contribution in [0.2, 0.25) is 5.02 Å². The second kappa shape index (κ2) is 10.5. The summed E-state index contributed by atoms with van der Waals surface area (Å²) in [6.45, 7) is 5.87. The average Bonchev–Trinajstić information content (AvgIpc) is 3.20. The van der Waals surface area contributed by atoms with Crippen LogP contribution in [-0.4, -0.2) is 27.9 Å². The van der Waals surface area contributed by atoms with Crippen molar-refractivity contribution in [2.24, 2.45) is 4.99 Å². The van der Waals surface area contributed by atoms with Crippen molar-refractivity contribution < 1.29 is 9.59 Å². The first-order chi connectivity index (χ1) is 16.4. The fourth-order valence-electron chi connectivity index (χ4n) is 3.93. The van der Waals surface area contributed by atoms with Gasteiger partial charge in [0.15, 0.2) is 5.17 Å². The predicted octanol–water partition coefficient (Wildman–Crippen LogP) is 5.86. The zero-order valence-corrected chi connectivity index (χ0v) is 20.9. The minimum absolute atomic E-state index is 0.0566. The van der Waals surface area contributed by atoms with Crippen molar-refractivity contribution in [1.29, 1.82) is 0 Å². The molecular weight excluding hydrogens is 468 g/mol. The van der Waals surface area contributed by atoms with E-state index in [2.05, 4.69) is 10.6 Å². The van der Waals surface area contributed by atoms with Crippen LogP contribution in [0.3, 0.4) is 0 Å². The molecule has 0 aliphatic carbocycles. The Morgan fingerprint density at radius 1 is 1.15 bits per heavy atom. The summed E-state index contributed by atoms with van der Waals surface area (Å²) in [5.41, 5.74) is 3.58. The standard InChI is InChI=1S/C26H27ClN4O2S/c1-4-16(2)28-22(32)14-21-15-34-26-29-17(3)23(25(33)30-20-8-6-5-7-9-20)24(31(21)26)18-10-12-19(27)13-11-18/h5-13,15-16,24H,4,14H2,1-3H3,(H,28,32)(H,30,33)/t16-,24-/m1/s1. The Kier molecular flexibility index (Phi) is 7.44. The van der Waals surface area contributed by atoms with Gasteiger partial charge in [0.1, 0.15) is 0 Å². The topological polar surface area (TPSA) is 73.8 Å². The third kappa shape index (κ3) is 5.21. The fourth-order valence-corrected chi connectivity index (χ4v) is 5.02. The van der Waals surface area contributed by atoms with E-state index in [-0.39, 0.29) is 24.3 Å². The first-order valence-electron chi connectivity index (χ1n) is 11.2. The number of rotatable bonds is 7. The number of hydrogen-bond acceptors (Lipinski definition) is 5. The van der Waals surface area contributed by atoms with E-state index in [1.54, 1.807) is 0 Å². The third-order valence-electron chi connectivity index (χ3n) is 5.82. The summed E-state index contributed by atoms with van der Waals surface area (Å²) in [5, 5.41) is 9.34. The summed E-state index contributed by atoms with van der Waals surface area (Å²) >= 11 is 7.63.